The zero-order chi connectivity index (χ0) is 11.3. The lowest BCUT2D eigenvalue weighted by molar-refractivity contribution is 0.559. The van der Waals surface area contributed by atoms with Crippen LogP contribution in [0.25, 0.3) is 0 Å². The summed E-state index contributed by atoms with van der Waals surface area (Å²) < 4.78 is 0. The minimum absolute atomic E-state index is 0.414. The highest BCUT2D eigenvalue weighted by Crippen LogP contribution is 2.18. The molecule has 0 aromatic heterocycles. The van der Waals surface area contributed by atoms with E-state index in [-0.39, 0.29) is 0 Å². The van der Waals surface area contributed by atoms with Gasteiger partial charge in [0, 0.05) is 6.04 Å². The molecule has 0 saturated carbocycles. The van der Waals surface area contributed by atoms with Crippen LogP contribution in [0.3, 0.4) is 0 Å². The molecule has 0 aliphatic rings. The Bertz CT molecular complexity index is 307. The van der Waals surface area contributed by atoms with E-state index in [1.165, 1.54) is 16.7 Å². The van der Waals surface area contributed by atoms with Gasteiger partial charge in [0.05, 0.1) is 0 Å². The second-order valence-electron chi connectivity index (χ2n) is 4.18. The van der Waals surface area contributed by atoms with E-state index >= 15 is 0 Å². The number of nitrogens with one attached hydrogen (secondary N) is 1. The van der Waals surface area contributed by atoms with Gasteiger partial charge >= 0.3 is 0 Å². The van der Waals surface area contributed by atoms with E-state index in [9.17, 15) is 0 Å². The Balaban J connectivity index is 2.61. The van der Waals surface area contributed by atoms with Gasteiger partial charge in [-0.05, 0) is 51.4 Å². The Morgan fingerprint density at radius 1 is 1.33 bits per heavy atom. The molecular formula is C13H22N2. The molecule has 2 heteroatoms. The predicted molar refractivity (Wildman–Crippen MR) is 66.0 cm³/mol. The molecule has 0 aliphatic heterocycles. The zero-order valence-electron chi connectivity index (χ0n) is 10.0. The fourth-order valence-corrected chi connectivity index (χ4v) is 1.84. The first kappa shape index (κ1) is 12.2. The van der Waals surface area contributed by atoms with Gasteiger partial charge in [-0.1, -0.05) is 23.8 Å². The molecule has 2 nitrogen and oxygen atoms in total. The summed E-state index contributed by atoms with van der Waals surface area (Å²) in [7, 11) is 0. The molecule has 0 heterocycles. The molecule has 15 heavy (non-hydrogen) atoms. The minimum atomic E-state index is 0.414. The summed E-state index contributed by atoms with van der Waals surface area (Å²) in [6.07, 6.45) is 1.04. The lowest BCUT2D eigenvalue weighted by Gasteiger charge is -2.16. The van der Waals surface area contributed by atoms with Gasteiger partial charge in [-0.3, -0.25) is 0 Å². The average molecular weight is 206 g/mol. The van der Waals surface area contributed by atoms with Gasteiger partial charge < -0.3 is 11.1 Å². The van der Waals surface area contributed by atoms with Gasteiger partial charge in [-0.15, -0.1) is 0 Å². The van der Waals surface area contributed by atoms with Crippen LogP contribution in [0, 0.1) is 13.8 Å². The molecule has 1 aromatic rings. The summed E-state index contributed by atoms with van der Waals surface area (Å²) in [5.41, 5.74) is 9.54. The molecule has 3 N–H and O–H groups in total. The fraction of sp³-hybridized carbons (Fsp3) is 0.538. The number of hydrogen-bond acceptors (Lipinski definition) is 2. The SMILES string of the molecule is Cc1ccc(C(C)NCCCN)c(C)c1. The van der Waals surface area contributed by atoms with Crippen molar-refractivity contribution >= 4 is 0 Å². The summed E-state index contributed by atoms with van der Waals surface area (Å²) in [6.45, 7) is 8.25. The molecule has 0 aliphatic carbocycles. The maximum atomic E-state index is 5.46. The lowest BCUT2D eigenvalue weighted by atomic mass is 10.0. The molecule has 1 atom stereocenters. The number of rotatable bonds is 5. The molecule has 84 valence electrons. The van der Waals surface area contributed by atoms with Gasteiger partial charge in [-0.25, -0.2) is 0 Å². The Morgan fingerprint density at radius 2 is 2.07 bits per heavy atom. The van der Waals surface area contributed by atoms with E-state index in [4.69, 9.17) is 5.73 Å². The van der Waals surface area contributed by atoms with Crippen molar-refractivity contribution in [2.75, 3.05) is 13.1 Å². The average Bonchev–Trinajstić information content (AvgIpc) is 2.17. The second-order valence-corrected chi connectivity index (χ2v) is 4.18. The third kappa shape index (κ3) is 3.65. The van der Waals surface area contributed by atoms with Gasteiger partial charge in [0.15, 0.2) is 0 Å². The van der Waals surface area contributed by atoms with Crippen molar-refractivity contribution < 1.29 is 0 Å². The number of nitrogens with two attached hydrogens (primary N) is 1. The highest BCUT2D eigenvalue weighted by molar-refractivity contribution is 5.32. The predicted octanol–water partition coefficient (Wildman–Crippen LogP) is 2.30. The van der Waals surface area contributed by atoms with Crippen LogP contribution in [0.2, 0.25) is 0 Å². The maximum Gasteiger partial charge on any atom is 0.0294 e. The standard InChI is InChI=1S/C13H22N2/c1-10-5-6-13(11(2)9-10)12(3)15-8-4-7-14/h5-6,9,12,15H,4,7-8,14H2,1-3H3. The molecule has 1 aromatic carbocycles. The van der Waals surface area contributed by atoms with E-state index in [1.54, 1.807) is 0 Å². The summed E-state index contributed by atoms with van der Waals surface area (Å²) in [5.74, 6) is 0. The quantitative estimate of drug-likeness (QED) is 0.725. The smallest absolute Gasteiger partial charge is 0.0294 e. The number of hydrogen-bond donors (Lipinski definition) is 2. The van der Waals surface area contributed by atoms with Crippen LogP contribution in [0.4, 0.5) is 0 Å². The van der Waals surface area contributed by atoms with E-state index in [1.807, 2.05) is 0 Å². The van der Waals surface area contributed by atoms with Crippen LogP contribution >= 0.6 is 0 Å². The van der Waals surface area contributed by atoms with Crippen molar-refractivity contribution in [3.63, 3.8) is 0 Å². The monoisotopic (exact) mass is 206 g/mol. The highest BCUT2D eigenvalue weighted by atomic mass is 14.9. The van der Waals surface area contributed by atoms with Crippen LogP contribution in [-0.4, -0.2) is 13.1 Å². The molecule has 0 saturated heterocycles. The third-order valence-electron chi connectivity index (χ3n) is 2.72. The highest BCUT2D eigenvalue weighted by Gasteiger charge is 2.06. The molecule has 0 fully saturated rings. The van der Waals surface area contributed by atoms with Crippen molar-refractivity contribution in [1.29, 1.82) is 0 Å². The van der Waals surface area contributed by atoms with Crippen molar-refractivity contribution in [3.8, 4) is 0 Å². The first-order valence-corrected chi connectivity index (χ1v) is 5.65. The van der Waals surface area contributed by atoms with Crippen LogP contribution in [0.1, 0.15) is 36.1 Å². The van der Waals surface area contributed by atoms with E-state index in [2.05, 4.69) is 44.3 Å². The number of benzene rings is 1. The Hall–Kier alpha value is -0.860. The molecular weight excluding hydrogens is 184 g/mol. The minimum Gasteiger partial charge on any atom is -0.330 e. The van der Waals surface area contributed by atoms with E-state index in [0.29, 0.717) is 6.04 Å². The topological polar surface area (TPSA) is 38.0 Å². The van der Waals surface area contributed by atoms with Crippen molar-refractivity contribution in [2.24, 2.45) is 5.73 Å². The fourth-order valence-electron chi connectivity index (χ4n) is 1.84. The van der Waals surface area contributed by atoms with Gasteiger partial charge in [0.1, 0.15) is 0 Å². The Labute approximate surface area is 92.9 Å². The molecule has 0 spiro atoms. The molecule has 0 radical (unpaired) electrons. The zero-order valence-corrected chi connectivity index (χ0v) is 10.0. The number of aryl methyl sites for hydroxylation is 2. The van der Waals surface area contributed by atoms with E-state index in [0.717, 1.165) is 19.5 Å². The normalized spacial score (nSPS) is 12.8. The van der Waals surface area contributed by atoms with Gasteiger partial charge in [0.25, 0.3) is 0 Å². The van der Waals surface area contributed by atoms with Crippen LogP contribution in [0.5, 0.6) is 0 Å². The van der Waals surface area contributed by atoms with Crippen molar-refractivity contribution in [1.82, 2.24) is 5.32 Å². The summed E-state index contributed by atoms with van der Waals surface area (Å²) in [6, 6.07) is 7.03. The Morgan fingerprint density at radius 3 is 2.67 bits per heavy atom. The largest absolute Gasteiger partial charge is 0.330 e. The molecule has 0 bridgehead atoms. The first-order chi connectivity index (χ1) is 7.15. The van der Waals surface area contributed by atoms with Crippen LogP contribution in [-0.2, 0) is 0 Å². The van der Waals surface area contributed by atoms with Crippen molar-refractivity contribution in [3.05, 3.63) is 34.9 Å². The maximum absolute atomic E-state index is 5.46. The van der Waals surface area contributed by atoms with Crippen LogP contribution in [0.15, 0.2) is 18.2 Å². The molecule has 1 unspecified atom stereocenters. The van der Waals surface area contributed by atoms with Crippen LogP contribution < -0.4 is 11.1 Å². The molecule has 0 amide bonds. The molecule has 1 rings (SSSR count). The third-order valence-corrected chi connectivity index (χ3v) is 2.72. The van der Waals surface area contributed by atoms with Gasteiger partial charge in [0.2, 0.25) is 0 Å². The van der Waals surface area contributed by atoms with Crippen molar-refractivity contribution in [2.45, 2.75) is 33.2 Å². The summed E-state index contributed by atoms with van der Waals surface area (Å²) in [4.78, 5) is 0. The summed E-state index contributed by atoms with van der Waals surface area (Å²) in [5, 5.41) is 3.48. The van der Waals surface area contributed by atoms with Gasteiger partial charge in [-0.2, -0.15) is 0 Å². The van der Waals surface area contributed by atoms with E-state index < -0.39 is 0 Å². The Kier molecular flexibility index (Phi) is 4.79. The second kappa shape index (κ2) is 5.89. The first-order valence-electron chi connectivity index (χ1n) is 5.65. The lowest BCUT2D eigenvalue weighted by Crippen LogP contribution is -2.22. The summed E-state index contributed by atoms with van der Waals surface area (Å²) >= 11 is 0.